The monoisotopic (exact) mass is 748 g/mol. The summed E-state index contributed by atoms with van der Waals surface area (Å²) >= 11 is 3.76. The minimum absolute atomic E-state index is 1.13. The molecule has 0 aliphatic heterocycles. The Hall–Kier alpha value is -6.72. The van der Waals surface area contributed by atoms with Crippen molar-refractivity contribution in [3.8, 4) is 16.8 Å². The van der Waals surface area contributed by atoms with E-state index in [0.29, 0.717) is 0 Å². The van der Waals surface area contributed by atoms with E-state index in [9.17, 15) is 0 Å². The molecule has 0 radical (unpaired) electrons. The molecule has 9 aromatic carbocycles. The van der Waals surface area contributed by atoms with Crippen LogP contribution in [0.3, 0.4) is 0 Å². The van der Waals surface area contributed by atoms with Gasteiger partial charge in [-0.2, -0.15) is 0 Å². The van der Waals surface area contributed by atoms with E-state index >= 15 is 0 Å². The van der Waals surface area contributed by atoms with Crippen molar-refractivity contribution < 1.29 is 0 Å². The highest BCUT2D eigenvalue weighted by Crippen LogP contribution is 2.47. The van der Waals surface area contributed by atoms with Crippen LogP contribution >= 0.6 is 22.7 Å². The van der Waals surface area contributed by atoms with Gasteiger partial charge < -0.3 is 9.47 Å². The molecule has 4 heteroatoms. The van der Waals surface area contributed by atoms with Gasteiger partial charge in [0.15, 0.2) is 0 Å². The first-order valence-electron chi connectivity index (χ1n) is 19.0. The predicted octanol–water partition coefficient (Wildman–Crippen LogP) is 15.8. The molecule has 0 spiro atoms. The molecule has 12 aromatic rings. The second-order valence-electron chi connectivity index (χ2n) is 14.5. The Morgan fingerprint density at radius 1 is 0.375 bits per heavy atom. The van der Waals surface area contributed by atoms with E-state index in [1.165, 1.54) is 95.4 Å². The largest absolute Gasteiger partial charge is 0.309 e. The summed E-state index contributed by atoms with van der Waals surface area (Å²) in [6.07, 6.45) is 0. The molecule has 0 saturated heterocycles. The molecule has 3 heterocycles. The fourth-order valence-corrected chi connectivity index (χ4v) is 11.2. The Kier molecular flexibility index (Phi) is 7.00. The topological polar surface area (TPSA) is 8.17 Å². The van der Waals surface area contributed by atoms with E-state index in [0.717, 1.165) is 11.4 Å². The number of aromatic nitrogens is 1. The van der Waals surface area contributed by atoms with Crippen LogP contribution in [-0.4, -0.2) is 4.57 Å². The highest BCUT2D eigenvalue weighted by atomic mass is 32.1. The van der Waals surface area contributed by atoms with Crippen LogP contribution in [-0.2, 0) is 0 Å². The number of hydrogen-bond donors (Lipinski definition) is 0. The standard InChI is InChI=1S/C52H32N2S2/c1-2-15-36(16-3-1)53(47-22-12-20-42-40-18-7-10-23-49(40)56-52(42)47)37-27-25-33(26-28-37)43-31-38(32-45-41-19-8-11-24-50(41)55-51(43)45)54-46-21-9-6-17-39(46)44-29-34-13-4-5-14-35(34)30-48(44)54/h1-32H. The number of rotatable bonds is 5. The molecule has 0 atom stereocenters. The molecule has 56 heavy (non-hydrogen) atoms. The second kappa shape index (κ2) is 12.4. The number of fused-ring (bicyclic) bond motifs is 10. The summed E-state index contributed by atoms with van der Waals surface area (Å²) in [5.41, 5.74) is 9.51. The van der Waals surface area contributed by atoms with Crippen LogP contribution in [0, 0.1) is 0 Å². The first kappa shape index (κ1) is 31.6. The van der Waals surface area contributed by atoms with Crippen LogP contribution in [0.25, 0.3) is 89.7 Å². The smallest absolute Gasteiger partial charge is 0.0640 e. The van der Waals surface area contributed by atoms with Gasteiger partial charge in [0.05, 0.1) is 21.4 Å². The first-order chi connectivity index (χ1) is 27.8. The quantitative estimate of drug-likeness (QED) is 0.170. The minimum Gasteiger partial charge on any atom is -0.309 e. The normalized spacial score (nSPS) is 11.9. The van der Waals surface area contributed by atoms with Crippen molar-refractivity contribution in [1.82, 2.24) is 4.57 Å². The van der Waals surface area contributed by atoms with E-state index < -0.39 is 0 Å². The van der Waals surface area contributed by atoms with Crippen molar-refractivity contribution in [3.05, 3.63) is 194 Å². The van der Waals surface area contributed by atoms with E-state index in [1.54, 1.807) is 0 Å². The Bertz CT molecular complexity index is 3480. The zero-order valence-corrected chi connectivity index (χ0v) is 31.8. The lowest BCUT2D eigenvalue weighted by atomic mass is 10.0. The Labute approximate surface area is 331 Å². The molecule has 262 valence electrons. The summed E-state index contributed by atoms with van der Waals surface area (Å²) in [7, 11) is 0. The molecule has 0 aliphatic rings. The van der Waals surface area contributed by atoms with Crippen LogP contribution in [0.15, 0.2) is 194 Å². The third-order valence-corrected chi connectivity index (χ3v) is 13.8. The van der Waals surface area contributed by atoms with Crippen LogP contribution in [0.1, 0.15) is 0 Å². The van der Waals surface area contributed by atoms with Gasteiger partial charge >= 0.3 is 0 Å². The molecule has 0 fully saturated rings. The molecule has 0 saturated carbocycles. The molecule has 0 bridgehead atoms. The van der Waals surface area contributed by atoms with E-state index in [-0.39, 0.29) is 0 Å². The maximum Gasteiger partial charge on any atom is 0.0640 e. The fourth-order valence-electron chi connectivity index (χ4n) is 8.79. The van der Waals surface area contributed by atoms with Gasteiger partial charge in [-0.15, -0.1) is 22.7 Å². The minimum atomic E-state index is 1.13. The molecule has 12 rings (SSSR count). The van der Waals surface area contributed by atoms with Gasteiger partial charge in [0, 0.05) is 69.0 Å². The van der Waals surface area contributed by atoms with Crippen LogP contribution < -0.4 is 4.90 Å². The number of benzene rings is 9. The third-order valence-electron chi connectivity index (χ3n) is 11.3. The van der Waals surface area contributed by atoms with Gasteiger partial charge in [-0.05, 0) is 89.1 Å². The van der Waals surface area contributed by atoms with Crippen LogP contribution in [0.2, 0.25) is 0 Å². The Morgan fingerprint density at radius 2 is 0.982 bits per heavy atom. The van der Waals surface area contributed by atoms with Crippen molar-refractivity contribution >= 4 is 113 Å². The summed E-state index contributed by atoms with van der Waals surface area (Å²) in [6.45, 7) is 0. The molecule has 2 nitrogen and oxygen atoms in total. The molecule has 0 unspecified atom stereocenters. The summed E-state index contributed by atoms with van der Waals surface area (Å²) in [5.74, 6) is 0. The number of thiophene rings is 2. The van der Waals surface area contributed by atoms with Gasteiger partial charge in [-0.3, -0.25) is 0 Å². The maximum atomic E-state index is 2.48. The number of hydrogen-bond acceptors (Lipinski definition) is 3. The SMILES string of the molecule is c1ccc(N(c2ccc(-c3cc(-n4c5ccccc5c5cc6ccccc6cc54)cc4c3sc3ccccc34)cc2)c2cccc3c2sc2ccccc23)cc1. The van der Waals surface area contributed by atoms with Crippen molar-refractivity contribution in [2.75, 3.05) is 4.90 Å². The van der Waals surface area contributed by atoms with E-state index in [4.69, 9.17) is 0 Å². The number of nitrogens with zero attached hydrogens (tertiary/aromatic N) is 2. The summed E-state index contributed by atoms with van der Waals surface area (Å²) in [5, 5.41) is 10.2. The molecule has 0 amide bonds. The highest BCUT2D eigenvalue weighted by molar-refractivity contribution is 7.26. The molecular formula is C52H32N2S2. The number of para-hydroxylation sites is 2. The molecule has 0 N–H and O–H groups in total. The second-order valence-corrected chi connectivity index (χ2v) is 16.6. The van der Waals surface area contributed by atoms with Gasteiger partial charge in [0.2, 0.25) is 0 Å². The summed E-state index contributed by atoms with van der Waals surface area (Å²) in [6, 6.07) is 71.4. The van der Waals surface area contributed by atoms with Crippen LogP contribution in [0.5, 0.6) is 0 Å². The predicted molar refractivity (Wildman–Crippen MR) is 244 cm³/mol. The van der Waals surface area contributed by atoms with Crippen molar-refractivity contribution in [2.45, 2.75) is 0 Å². The van der Waals surface area contributed by atoms with Crippen molar-refractivity contribution in [3.63, 3.8) is 0 Å². The zero-order chi connectivity index (χ0) is 36.7. The van der Waals surface area contributed by atoms with E-state index in [2.05, 4.69) is 204 Å². The fraction of sp³-hybridized carbons (Fsp3) is 0. The summed E-state index contributed by atoms with van der Waals surface area (Å²) < 4.78 is 7.69. The third kappa shape index (κ3) is 4.80. The van der Waals surface area contributed by atoms with Crippen molar-refractivity contribution in [1.29, 1.82) is 0 Å². The van der Waals surface area contributed by atoms with Gasteiger partial charge in [-0.1, -0.05) is 121 Å². The number of anilines is 3. The summed E-state index contributed by atoms with van der Waals surface area (Å²) in [4.78, 5) is 2.41. The molecule has 3 aromatic heterocycles. The average Bonchev–Trinajstić information content (AvgIpc) is 3.93. The van der Waals surface area contributed by atoms with Gasteiger partial charge in [0.1, 0.15) is 0 Å². The average molecular weight is 749 g/mol. The van der Waals surface area contributed by atoms with Gasteiger partial charge in [-0.25, -0.2) is 0 Å². The molecule has 0 aliphatic carbocycles. The lowest BCUT2D eigenvalue weighted by Gasteiger charge is -2.26. The van der Waals surface area contributed by atoms with Crippen molar-refractivity contribution in [2.24, 2.45) is 0 Å². The van der Waals surface area contributed by atoms with E-state index in [1.807, 2.05) is 22.7 Å². The Morgan fingerprint density at radius 3 is 1.77 bits per heavy atom. The highest BCUT2D eigenvalue weighted by Gasteiger charge is 2.20. The zero-order valence-electron chi connectivity index (χ0n) is 30.2. The molecular weight excluding hydrogens is 717 g/mol. The van der Waals surface area contributed by atoms with Gasteiger partial charge in [0.25, 0.3) is 0 Å². The first-order valence-corrected chi connectivity index (χ1v) is 20.6. The Balaban J connectivity index is 1.08. The lowest BCUT2D eigenvalue weighted by Crippen LogP contribution is -2.09. The lowest BCUT2D eigenvalue weighted by molar-refractivity contribution is 1.19. The maximum absolute atomic E-state index is 2.48. The van der Waals surface area contributed by atoms with Crippen LogP contribution in [0.4, 0.5) is 17.1 Å².